The van der Waals surface area contributed by atoms with Gasteiger partial charge in [0.1, 0.15) is 0 Å². The molecule has 1 atom stereocenters. The van der Waals surface area contributed by atoms with Crippen molar-refractivity contribution in [2.45, 2.75) is 53.7 Å². The van der Waals surface area contributed by atoms with Gasteiger partial charge in [-0.2, -0.15) is 4.31 Å². The predicted octanol–water partition coefficient (Wildman–Crippen LogP) is 2.32. The number of sulfonamides is 1. The lowest BCUT2D eigenvalue weighted by atomic mass is 10.1. The number of rotatable bonds is 7. The summed E-state index contributed by atoms with van der Waals surface area (Å²) in [6.45, 7) is 8.87. The minimum atomic E-state index is -3.58. The standard InChI is InChI=1S/C23H36N4O4S2/c1-18-16-23(28)24-21-17-20(4-5-22(21)32-18)33(29,30)27-10-6-19(7-11-27)25(2)8-3-9-26-12-14-31-15-13-26/h4-5,17-19H,3,6-16H2,1-2H3,(H,24,28)/t18-/m1/s1. The Labute approximate surface area is 202 Å². The molecular weight excluding hydrogens is 460 g/mol. The molecule has 33 heavy (non-hydrogen) atoms. The van der Waals surface area contributed by atoms with Crippen LogP contribution < -0.4 is 5.32 Å². The van der Waals surface area contributed by atoms with Crippen LogP contribution in [-0.2, 0) is 19.6 Å². The summed E-state index contributed by atoms with van der Waals surface area (Å²) in [4.78, 5) is 18.1. The summed E-state index contributed by atoms with van der Waals surface area (Å²) < 4.78 is 33.6. The number of piperidine rings is 1. The average Bonchev–Trinajstić information content (AvgIpc) is 2.95. The van der Waals surface area contributed by atoms with Gasteiger partial charge in [0.2, 0.25) is 15.9 Å². The summed E-state index contributed by atoms with van der Waals surface area (Å²) in [6, 6.07) is 5.53. The van der Waals surface area contributed by atoms with E-state index in [2.05, 4.69) is 22.2 Å². The van der Waals surface area contributed by atoms with Crippen molar-refractivity contribution in [1.29, 1.82) is 0 Å². The van der Waals surface area contributed by atoms with Crippen LogP contribution in [0.25, 0.3) is 0 Å². The summed E-state index contributed by atoms with van der Waals surface area (Å²) in [7, 11) is -1.43. The molecule has 0 spiro atoms. The van der Waals surface area contributed by atoms with Gasteiger partial charge in [-0.15, -0.1) is 11.8 Å². The molecule has 2 saturated heterocycles. The highest BCUT2D eigenvalue weighted by atomic mass is 32.2. The Kier molecular flexibility index (Phi) is 8.35. The van der Waals surface area contributed by atoms with Crippen molar-refractivity contribution in [2.24, 2.45) is 0 Å². The molecule has 1 N–H and O–H groups in total. The summed E-state index contributed by atoms with van der Waals surface area (Å²) in [5.74, 6) is -0.0687. The van der Waals surface area contributed by atoms with Crippen LogP contribution in [0.3, 0.4) is 0 Å². The Balaban J connectivity index is 1.31. The van der Waals surface area contributed by atoms with E-state index in [4.69, 9.17) is 4.74 Å². The third kappa shape index (κ3) is 6.29. The van der Waals surface area contributed by atoms with Crippen molar-refractivity contribution >= 4 is 33.4 Å². The first kappa shape index (κ1) is 24.9. The predicted molar refractivity (Wildman–Crippen MR) is 131 cm³/mol. The van der Waals surface area contributed by atoms with E-state index in [0.29, 0.717) is 31.2 Å². The number of nitrogens with one attached hydrogen (secondary N) is 1. The molecule has 2 fully saturated rings. The van der Waals surface area contributed by atoms with Crippen LogP contribution >= 0.6 is 11.8 Å². The normalized spacial score (nSPS) is 23.8. The van der Waals surface area contributed by atoms with Gasteiger partial charge in [0.15, 0.2) is 0 Å². The number of anilines is 1. The van der Waals surface area contributed by atoms with Crippen molar-refractivity contribution in [2.75, 3.05) is 64.8 Å². The number of amides is 1. The monoisotopic (exact) mass is 496 g/mol. The first-order valence-corrected chi connectivity index (χ1v) is 14.3. The zero-order chi connectivity index (χ0) is 23.4. The first-order valence-electron chi connectivity index (χ1n) is 11.9. The van der Waals surface area contributed by atoms with Crippen LogP contribution in [0.15, 0.2) is 28.0 Å². The van der Waals surface area contributed by atoms with Gasteiger partial charge < -0.3 is 15.0 Å². The SMILES string of the molecule is C[C@@H]1CC(=O)Nc2cc(S(=O)(=O)N3CCC(N(C)CCCN4CCOCC4)CC3)ccc2S1. The van der Waals surface area contributed by atoms with E-state index in [-0.39, 0.29) is 16.1 Å². The quantitative estimate of drug-likeness (QED) is 0.620. The fraction of sp³-hybridized carbons (Fsp3) is 0.696. The zero-order valence-electron chi connectivity index (χ0n) is 19.7. The lowest BCUT2D eigenvalue weighted by Gasteiger charge is -2.36. The van der Waals surface area contributed by atoms with E-state index < -0.39 is 10.0 Å². The zero-order valence-corrected chi connectivity index (χ0v) is 21.3. The summed E-state index contributed by atoms with van der Waals surface area (Å²) in [6.07, 6.45) is 3.21. The van der Waals surface area contributed by atoms with Crippen molar-refractivity contribution in [3.05, 3.63) is 18.2 Å². The molecule has 184 valence electrons. The highest BCUT2D eigenvalue weighted by Crippen LogP contribution is 2.37. The summed E-state index contributed by atoms with van der Waals surface area (Å²) in [5, 5.41) is 3.04. The molecule has 0 radical (unpaired) electrons. The molecule has 4 rings (SSSR count). The van der Waals surface area contributed by atoms with Crippen molar-refractivity contribution in [3.63, 3.8) is 0 Å². The Morgan fingerprint density at radius 3 is 2.64 bits per heavy atom. The molecule has 0 bridgehead atoms. The molecule has 3 aliphatic rings. The topological polar surface area (TPSA) is 82.2 Å². The first-order chi connectivity index (χ1) is 15.8. The van der Waals surface area contributed by atoms with Gasteiger partial charge in [0.25, 0.3) is 0 Å². The number of carbonyl (C=O) groups is 1. The lowest BCUT2D eigenvalue weighted by Crippen LogP contribution is -2.46. The maximum atomic E-state index is 13.3. The molecule has 10 heteroatoms. The van der Waals surface area contributed by atoms with Gasteiger partial charge in [0.05, 0.1) is 23.8 Å². The second-order valence-corrected chi connectivity index (χ2v) is 12.7. The van der Waals surface area contributed by atoms with Gasteiger partial charge in [-0.05, 0) is 57.6 Å². The average molecular weight is 497 g/mol. The van der Waals surface area contributed by atoms with Crippen LogP contribution in [0.2, 0.25) is 0 Å². The summed E-state index contributed by atoms with van der Waals surface area (Å²) >= 11 is 1.60. The number of thioether (sulfide) groups is 1. The highest BCUT2D eigenvalue weighted by Gasteiger charge is 2.31. The number of morpholine rings is 1. The minimum Gasteiger partial charge on any atom is -0.379 e. The molecule has 0 aliphatic carbocycles. The highest BCUT2D eigenvalue weighted by molar-refractivity contribution is 8.00. The largest absolute Gasteiger partial charge is 0.379 e. The van der Waals surface area contributed by atoms with Crippen molar-refractivity contribution in [3.8, 4) is 0 Å². The second kappa shape index (κ2) is 11.0. The molecule has 0 unspecified atom stereocenters. The van der Waals surface area contributed by atoms with E-state index >= 15 is 0 Å². The van der Waals surface area contributed by atoms with Gasteiger partial charge in [-0.1, -0.05) is 6.92 Å². The Bertz CT molecular complexity index is 928. The minimum absolute atomic E-state index is 0.0687. The number of hydrogen-bond acceptors (Lipinski definition) is 7. The van der Waals surface area contributed by atoms with E-state index in [1.54, 1.807) is 28.2 Å². The third-order valence-corrected chi connectivity index (χ3v) is 9.87. The fourth-order valence-corrected chi connectivity index (χ4v) is 7.36. The van der Waals surface area contributed by atoms with Crippen LogP contribution in [0.4, 0.5) is 5.69 Å². The van der Waals surface area contributed by atoms with E-state index in [1.165, 1.54) is 0 Å². The van der Waals surface area contributed by atoms with E-state index in [1.807, 2.05) is 13.0 Å². The van der Waals surface area contributed by atoms with E-state index in [0.717, 1.165) is 63.6 Å². The van der Waals surface area contributed by atoms with Gasteiger partial charge in [-0.3, -0.25) is 9.69 Å². The molecule has 1 amide bonds. The van der Waals surface area contributed by atoms with Crippen molar-refractivity contribution < 1.29 is 17.9 Å². The number of carbonyl (C=O) groups excluding carboxylic acids is 1. The van der Waals surface area contributed by atoms with Crippen LogP contribution in [0, 0.1) is 0 Å². The maximum Gasteiger partial charge on any atom is 0.243 e. The molecular formula is C23H36N4O4S2. The molecule has 1 aromatic carbocycles. The molecule has 1 aromatic rings. The van der Waals surface area contributed by atoms with Gasteiger partial charge in [-0.25, -0.2) is 8.42 Å². The van der Waals surface area contributed by atoms with Crippen molar-refractivity contribution in [1.82, 2.24) is 14.1 Å². The van der Waals surface area contributed by atoms with Crippen LogP contribution in [0.1, 0.15) is 32.6 Å². The fourth-order valence-electron chi connectivity index (χ4n) is 4.81. The molecule has 3 heterocycles. The van der Waals surface area contributed by atoms with Crippen LogP contribution in [-0.4, -0.2) is 99.3 Å². The Morgan fingerprint density at radius 2 is 1.91 bits per heavy atom. The Morgan fingerprint density at radius 1 is 1.18 bits per heavy atom. The number of fused-ring (bicyclic) bond motifs is 1. The maximum absolute atomic E-state index is 13.3. The number of benzene rings is 1. The number of hydrogen-bond donors (Lipinski definition) is 1. The molecule has 3 aliphatic heterocycles. The number of ether oxygens (including phenoxy) is 1. The van der Waals surface area contributed by atoms with Gasteiger partial charge >= 0.3 is 0 Å². The molecule has 0 aromatic heterocycles. The molecule has 8 nitrogen and oxygen atoms in total. The Hall–Kier alpha value is -1.17. The molecule has 0 saturated carbocycles. The number of nitrogens with zero attached hydrogens (tertiary/aromatic N) is 3. The van der Waals surface area contributed by atoms with E-state index in [9.17, 15) is 13.2 Å². The summed E-state index contributed by atoms with van der Waals surface area (Å²) in [5.41, 5.74) is 0.602. The third-order valence-electron chi connectivity index (χ3n) is 6.80. The van der Waals surface area contributed by atoms with Crippen LogP contribution in [0.5, 0.6) is 0 Å². The second-order valence-electron chi connectivity index (χ2n) is 9.26. The smallest absolute Gasteiger partial charge is 0.243 e. The lowest BCUT2D eigenvalue weighted by molar-refractivity contribution is -0.116. The van der Waals surface area contributed by atoms with Gasteiger partial charge in [0, 0.05) is 48.8 Å².